The third-order valence-corrected chi connectivity index (χ3v) is 2.19. The lowest BCUT2D eigenvalue weighted by Crippen LogP contribution is -2.40. The molecule has 100 valence electrons. The summed E-state index contributed by atoms with van der Waals surface area (Å²) < 4.78 is 0. The van der Waals surface area contributed by atoms with Gasteiger partial charge < -0.3 is 10.6 Å². The molecule has 0 atom stereocenters. The zero-order chi connectivity index (χ0) is 13.1. The molecule has 0 aliphatic rings. The molecule has 5 nitrogen and oxygen atoms in total. The van der Waals surface area contributed by atoms with Gasteiger partial charge in [0, 0.05) is 13.1 Å². The zero-order valence-electron chi connectivity index (χ0n) is 11.1. The average Bonchev–Trinajstić information content (AvgIpc) is 2.25. The molecule has 0 unspecified atom stereocenters. The van der Waals surface area contributed by atoms with Gasteiger partial charge in [0.15, 0.2) is 0 Å². The van der Waals surface area contributed by atoms with Crippen LogP contribution >= 0.6 is 0 Å². The SMILES string of the molecule is CCCNC(=O)CNCC(=O)NCCC(C)C. The van der Waals surface area contributed by atoms with Gasteiger partial charge in [-0.3, -0.25) is 14.9 Å². The zero-order valence-corrected chi connectivity index (χ0v) is 11.1. The predicted octanol–water partition coefficient (Wildman–Crippen LogP) is 0.265. The van der Waals surface area contributed by atoms with Crippen molar-refractivity contribution in [3.05, 3.63) is 0 Å². The van der Waals surface area contributed by atoms with E-state index in [0.29, 0.717) is 19.0 Å². The fraction of sp³-hybridized carbons (Fsp3) is 0.833. The summed E-state index contributed by atoms with van der Waals surface area (Å²) >= 11 is 0. The number of nitrogens with one attached hydrogen (secondary N) is 3. The summed E-state index contributed by atoms with van der Waals surface area (Å²) in [5, 5.41) is 8.34. The standard InChI is InChI=1S/C12H25N3O2/c1-4-6-14-11(16)8-13-9-12(17)15-7-5-10(2)3/h10,13H,4-9H2,1-3H3,(H,14,16)(H,15,17). The summed E-state index contributed by atoms with van der Waals surface area (Å²) in [6, 6.07) is 0. The molecule has 0 aliphatic heterocycles. The largest absolute Gasteiger partial charge is 0.355 e. The molecule has 0 bridgehead atoms. The predicted molar refractivity (Wildman–Crippen MR) is 68.6 cm³/mol. The molecule has 0 heterocycles. The lowest BCUT2D eigenvalue weighted by atomic mass is 10.1. The molecular formula is C12H25N3O2. The van der Waals surface area contributed by atoms with Gasteiger partial charge in [0.05, 0.1) is 13.1 Å². The second kappa shape index (κ2) is 10.1. The molecule has 0 radical (unpaired) electrons. The van der Waals surface area contributed by atoms with Gasteiger partial charge in [-0.1, -0.05) is 20.8 Å². The van der Waals surface area contributed by atoms with Gasteiger partial charge in [-0.15, -0.1) is 0 Å². The molecule has 2 amide bonds. The van der Waals surface area contributed by atoms with Crippen molar-refractivity contribution < 1.29 is 9.59 Å². The van der Waals surface area contributed by atoms with E-state index >= 15 is 0 Å². The van der Waals surface area contributed by atoms with Crippen LogP contribution in [0.15, 0.2) is 0 Å². The highest BCUT2D eigenvalue weighted by atomic mass is 16.2. The molecule has 3 N–H and O–H groups in total. The normalized spacial score (nSPS) is 10.4. The van der Waals surface area contributed by atoms with E-state index in [9.17, 15) is 9.59 Å². The first-order valence-corrected chi connectivity index (χ1v) is 6.30. The number of hydrogen-bond acceptors (Lipinski definition) is 3. The van der Waals surface area contributed by atoms with Crippen molar-refractivity contribution in [2.75, 3.05) is 26.2 Å². The van der Waals surface area contributed by atoms with E-state index < -0.39 is 0 Å². The molecule has 0 aliphatic carbocycles. The van der Waals surface area contributed by atoms with Gasteiger partial charge >= 0.3 is 0 Å². The highest BCUT2D eigenvalue weighted by molar-refractivity contribution is 5.81. The maximum Gasteiger partial charge on any atom is 0.233 e. The van der Waals surface area contributed by atoms with E-state index in [1.54, 1.807) is 0 Å². The minimum absolute atomic E-state index is 0.0612. The monoisotopic (exact) mass is 243 g/mol. The van der Waals surface area contributed by atoms with Gasteiger partial charge in [-0.05, 0) is 18.8 Å². The third-order valence-electron chi connectivity index (χ3n) is 2.19. The van der Waals surface area contributed by atoms with E-state index in [1.165, 1.54) is 0 Å². The van der Waals surface area contributed by atoms with E-state index in [4.69, 9.17) is 0 Å². The summed E-state index contributed by atoms with van der Waals surface area (Å²) in [6.45, 7) is 7.98. The van der Waals surface area contributed by atoms with Gasteiger partial charge in [0.2, 0.25) is 11.8 Å². The first-order chi connectivity index (χ1) is 8.06. The van der Waals surface area contributed by atoms with Crippen LogP contribution in [-0.2, 0) is 9.59 Å². The Morgan fingerprint density at radius 1 is 1.00 bits per heavy atom. The van der Waals surface area contributed by atoms with Crippen LogP contribution in [0.25, 0.3) is 0 Å². The summed E-state index contributed by atoms with van der Waals surface area (Å²) in [7, 11) is 0. The van der Waals surface area contributed by atoms with Crippen LogP contribution in [-0.4, -0.2) is 38.0 Å². The van der Waals surface area contributed by atoms with Crippen molar-refractivity contribution in [1.29, 1.82) is 0 Å². The molecule has 0 rings (SSSR count). The van der Waals surface area contributed by atoms with Gasteiger partial charge in [-0.25, -0.2) is 0 Å². The van der Waals surface area contributed by atoms with Crippen molar-refractivity contribution in [1.82, 2.24) is 16.0 Å². The van der Waals surface area contributed by atoms with Crippen molar-refractivity contribution in [2.45, 2.75) is 33.6 Å². The number of rotatable bonds is 9. The second-order valence-corrected chi connectivity index (χ2v) is 4.49. The van der Waals surface area contributed by atoms with Crippen LogP contribution in [0, 0.1) is 5.92 Å². The molecule has 0 spiro atoms. The Morgan fingerprint density at radius 2 is 1.53 bits per heavy atom. The van der Waals surface area contributed by atoms with Crippen molar-refractivity contribution >= 4 is 11.8 Å². The number of hydrogen-bond donors (Lipinski definition) is 3. The van der Waals surface area contributed by atoms with E-state index in [-0.39, 0.29) is 24.9 Å². The Kier molecular flexibility index (Phi) is 9.43. The smallest absolute Gasteiger partial charge is 0.233 e. The number of carbonyl (C=O) groups is 2. The van der Waals surface area contributed by atoms with Crippen LogP contribution in [0.5, 0.6) is 0 Å². The highest BCUT2D eigenvalue weighted by Gasteiger charge is 2.03. The lowest BCUT2D eigenvalue weighted by molar-refractivity contribution is -0.121. The quantitative estimate of drug-likeness (QED) is 0.544. The molecule has 0 aromatic carbocycles. The molecule has 0 aromatic rings. The first kappa shape index (κ1) is 15.9. The fourth-order valence-electron chi connectivity index (χ4n) is 1.18. The molecule has 0 saturated carbocycles. The molecule has 0 saturated heterocycles. The second-order valence-electron chi connectivity index (χ2n) is 4.49. The Balaban J connectivity index is 3.41. The Morgan fingerprint density at radius 3 is 2.00 bits per heavy atom. The van der Waals surface area contributed by atoms with E-state index in [0.717, 1.165) is 12.8 Å². The maximum absolute atomic E-state index is 11.3. The molecule has 5 heteroatoms. The van der Waals surface area contributed by atoms with Gasteiger partial charge in [0.1, 0.15) is 0 Å². The topological polar surface area (TPSA) is 70.2 Å². The summed E-state index contributed by atoms with van der Waals surface area (Å²) in [5.74, 6) is 0.457. The summed E-state index contributed by atoms with van der Waals surface area (Å²) in [6.07, 6.45) is 1.89. The van der Waals surface area contributed by atoms with Crippen molar-refractivity contribution in [2.24, 2.45) is 5.92 Å². The van der Waals surface area contributed by atoms with Gasteiger partial charge in [-0.2, -0.15) is 0 Å². The average molecular weight is 243 g/mol. The molecule has 0 fully saturated rings. The van der Waals surface area contributed by atoms with Crippen LogP contribution in [0.3, 0.4) is 0 Å². The summed E-state index contributed by atoms with van der Waals surface area (Å²) in [4.78, 5) is 22.5. The van der Waals surface area contributed by atoms with Crippen LogP contribution in [0.4, 0.5) is 0 Å². The number of amides is 2. The minimum atomic E-state index is -0.0677. The van der Waals surface area contributed by atoms with E-state index in [2.05, 4.69) is 29.8 Å². The fourth-order valence-corrected chi connectivity index (χ4v) is 1.18. The molecular weight excluding hydrogens is 218 g/mol. The van der Waals surface area contributed by atoms with Crippen LogP contribution < -0.4 is 16.0 Å². The van der Waals surface area contributed by atoms with Crippen LogP contribution in [0.1, 0.15) is 33.6 Å². The lowest BCUT2D eigenvalue weighted by Gasteiger charge is -2.08. The first-order valence-electron chi connectivity index (χ1n) is 6.30. The highest BCUT2D eigenvalue weighted by Crippen LogP contribution is 1.95. The third kappa shape index (κ3) is 11.2. The maximum atomic E-state index is 11.3. The van der Waals surface area contributed by atoms with Crippen molar-refractivity contribution in [3.63, 3.8) is 0 Å². The Labute approximate surface area is 104 Å². The Hall–Kier alpha value is -1.10. The Bertz CT molecular complexity index is 230. The van der Waals surface area contributed by atoms with Gasteiger partial charge in [0.25, 0.3) is 0 Å². The molecule has 0 aromatic heterocycles. The van der Waals surface area contributed by atoms with Crippen LogP contribution in [0.2, 0.25) is 0 Å². The number of carbonyl (C=O) groups excluding carboxylic acids is 2. The summed E-state index contributed by atoms with van der Waals surface area (Å²) in [5.41, 5.74) is 0. The minimum Gasteiger partial charge on any atom is -0.355 e. The van der Waals surface area contributed by atoms with E-state index in [1.807, 2.05) is 6.92 Å². The van der Waals surface area contributed by atoms with Crippen molar-refractivity contribution in [3.8, 4) is 0 Å². The molecule has 17 heavy (non-hydrogen) atoms.